The zero-order chi connectivity index (χ0) is 9.47. The second kappa shape index (κ2) is 4.63. The minimum absolute atomic E-state index is 0. The van der Waals surface area contributed by atoms with E-state index in [4.69, 9.17) is 4.74 Å². The molecule has 0 atom stereocenters. The van der Waals surface area contributed by atoms with Gasteiger partial charge >= 0.3 is 58.4 Å². The molecule has 1 aliphatic heterocycles. The van der Waals surface area contributed by atoms with E-state index in [0.29, 0.717) is 17.9 Å². The maximum atomic E-state index is 12.2. The molecule has 0 bridgehead atoms. The van der Waals surface area contributed by atoms with Gasteiger partial charge in [0.2, 0.25) is 0 Å². The van der Waals surface area contributed by atoms with Gasteiger partial charge in [0.25, 0.3) is 0 Å². The molecular formula is C7H6BF3KNO. The summed E-state index contributed by atoms with van der Waals surface area (Å²) in [5, 5.41) is 0. The molecule has 0 saturated carbocycles. The molecule has 0 spiro atoms. The van der Waals surface area contributed by atoms with Crippen molar-refractivity contribution in [2.24, 2.45) is 0 Å². The van der Waals surface area contributed by atoms with Gasteiger partial charge in [0.1, 0.15) is 0 Å². The van der Waals surface area contributed by atoms with Crippen molar-refractivity contribution in [3.63, 3.8) is 0 Å². The fourth-order valence-electron chi connectivity index (χ4n) is 1.25. The van der Waals surface area contributed by atoms with Crippen LogP contribution in [0.4, 0.5) is 12.9 Å². The summed E-state index contributed by atoms with van der Waals surface area (Å²) in [6, 6.07) is 1.12. The number of rotatable bonds is 1. The fraction of sp³-hybridized carbons (Fsp3) is 0.286. The zero-order valence-corrected chi connectivity index (χ0v) is 10.8. The normalized spacial score (nSPS) is 14.8. The molecule has 2 heterocycles. The average Bonchev–Trinajstić information content (AvgIpc) is 2.47. The van der Waals surface area contributed by atoms with Crippen molar-refractivity contribution in [2.75, 3.05) is 0 Å². The molecule has 1 aromatic heterocycles. The van der Waals surface area contributed by atoms with Gasteiger partial charge in [-0.1, -0.05) is 11.5 Å². The summed E-state index contributed by atoms with van der Waals surface area (Å²) < 4.78 is 41.7. The van der Waals surface area contributed by atoms with Crippen molar-refractivity contribution in [3.8, 4) is 0 Å². The molecule has 0 aliphatic carbocycles. The quantitative estimate of drug-likeness (QED) is 0.526. The van der Waals surface area contributed by atoms with E-state index in [2.05, 4.69) is 4.98 Å². The van der Waals surface area contributed by atoms with Gasteiger partial charge in [0.15, 0.2) is 0 Å². The average molecular weight is 227 g/mol. The Hall–Kier alpha value is 0.601. The van der Waals surface area contributed by atoms with Gasteiger partial charge in [0.05, 0.1) is 18.9 Å². The van der Waals surface area contributed by atoms with E-state index in [1.807, 2.05) is 0 Å². The van der Waals surface area contributed by atoms with E-state index in [0.717, 1.165) is 12.3 Å². The van der Waals surface area contributed by atoms with E-state index in [-0.39, 0.29) is 58.0 Å². The number of ether oxygens (including phenoxy) is 1. The molecule has 0 N–H and O–H groups in total. The van der Waals surface area contributed by atoms with Gasteiger partial charge in [-0.3, -0.25) is 4.98 Å². The van der Waals surface area contributed by atoms with E-state index in [1.165, 1.54) is 0 Å². The number of aromatic nitrogens is 1. The van der Waals surface area contributed by atoms with Crippen LogP contribution in [-0.4, -0.2) is 12.0 Å². The van der Waals surface area contributed by atoms with Gasteiger partial charge in [0, 0.05) is 6.20 Å². The molecule has 0 saturated heterocycles. The van der Waals surface area contributed by atoms with Crippen LogP contribution >= 0.6 is 0 Å². The summed E-state index contributed by atoms with van der Waals surface area (Å²) in [6.45, 7) is -4.38. The van der Waals surface area contributed by atoms with Crippen LogP contribution < -0.4 is 56.8 Å². The van der Waals surface area contributed by atoms with Gasteiger partial charge in [-0.15, -0.1) is 0 Å². The predicted molar refractivity (Wildman–Crippen MR) is 41.4 cm³/mol. The van der Waals surface area contributed by atoms with Gasteiger partial charge < -0.3 is 17.7 Å². The molecule has 0 aromatic carbocycles. The fourth-order valence-corrected chi connectivity index (χ4v) is 1.25. The summed E-state index contributed by atoms with van der Waals surface area (Å²) in [5.74, 6) is 0. The monoisotopic (exact) mass is 227 g/mol. The van der Waals surface area contributed by atoms with Crippen molar-refractivity contribution in [2.45, 2.75) is 13.2 Å². The number of halogens is 3. The van der Waals surface area contributed by atoms with Crippen molar-refractivity contribution < 1.29 is 69.1 Å². The molecule has 2 rings (SSSR count). The van der Waals surface area contributed by atoms with Crippen LogP contribution in [-0.2, 0) is 18.0 Å². The first-order chi connectivity index (χ1) is 6.07. The SMILES string of the molecule is F[B-](F)(F)c1cnc2c(c1)COC2.[K+]. The van der Waals surface area contributed by atoms with Gasteiger partial charge in [-0.05, 0) is 5.56 Å². The summed E-state index contributed by atoms with van der Waals surface area (Å²) in [5.41, 5.74) is 0.518. The number of hydrogen-bond donors (Lipinski definition) is 0. The molecule has 1 aromatic rings. The molecule has 14 heavy (non-hydrogen) atoms. The Bertz CT molecular complexity index is 344. The van der Waals surface area contributed by atoms with Crippen molar-refractivity contribution >= 4 is 12.4 Å². The van der Waals surface area contributed by atoms with E-state index >= 15 is 0 Å². The first kappa shape index (κ1) is 12.7. The van der Waals surface area contributed by atoms with Gasteiger partial charge in [-0.25, -0.2) is 0 Å². The standard InChI is InChI=1S/C7H6BF3NO.K/c9-8(10,11)6-1-5-3-13-4-7(5)12-2-6;/h1-2H,3-4H2;/q-1;+1. The smallest absolute Gasteiger partial charge is 0.445 e. The Morgan fingerprint density at radius 1 is 1.29 bits per heavy atom. The summed E-state index contributed by atoms with van der Waals surface area (Å²) in [6.07, 6.45) is 0.869. The van der Waals surface area contributed by atoms with E-state index < -0.39 is 12.4 Å². The Morgan fingerprint density at radius 2 is 2.00 bits per heavy atom. The van der Waals surface area contributed by atoms with Crippen LogP contribution in [0.2, 0.25) is 0 Å². The Kier molecular flexibility index (Phi) is 4.19. The maximum absolute atomic E-state index is 12.2. The van der Waals surface area contributed by atoms with E-state index in [1.54, 1.807) is 0 Å². The molecule has 0 unspecified atom stereocenters. The zero-order valence-electron chi connectivity index (χ0n) is 7.64. The third-order valence-corrected chi connectivity index (χ3v) is 1.96. The van der Waals surface area contributed by atoms with Crippen molar-refractivity contribution in [1.29, 1.82) is 0 Å². The van der Waals surface area contributed by atoms with Crippen LogP contribution in [0.5, 0.6) is 0 Å². The summed E-state index contributed by atoms with van der Waals surface area (Å²) in [4.78, 5) is 3.70. The van der Waals surface area contributed by atoms with Crippen LogP contribution in [0.15, 0.2) is 12.3 Å². The Balaban J connectivity index is 0.000000980. The van der Waals surface area contributed by atoms with Crippen molar-refractivity contribution in [3.05, 3.63) is 23.5 Å². The Morgan fingerprint density at radius 3 is 2.64 bits per heavy atom. The number of fused-ring (bicyclic) bond motifs is 1. The molecular weight excluding hydrogens is 221 g/mol. The molecule has 1 aliphatic rings. The van der Waals surface area contributed by atoms with Crippen molar-refractivity contribution in [1.82, 2.24) is 4.98 Å². The van der Waals surface area contributed by atoms with Crippen LogP contribution in [0.1, 0.15) is 11.3 Å². The topological polar surface area (TPSA) is 22.1 Å². The van der Waals surface area contributed by atoms with Crippen LogP contribution in [0, 0.1) is 0 Å². The summed E-state index contributed by atoms with van der Waals surface area (Å²) in [7, 11) is 0. The largest absolute Gasteiger partial charge is 1.00 e. The number of nitrogens with zero attached hydrogens (tertiary/aromatic N) is 1. The molecule has 2 nitrogen and oxygen atoms in total. The number of hydrogen-bond acceptors (Lipinski definition) is 2. The summed E-state index contributed by atoms with van der Waals surface area (Å²) >= 11 is 0. The molecule has 0 amide bonds. The Labute approximate surface area is 122 Å². The first-order valence-electron chi connectivity index (χ1n) is 3.83. The predicted octanol–water partition coefficient (Wildman–Crippen LogP) is -1.83. The number of pyridine rings is 1. The minimum atomic E-state index is -4.94. The third kappa shape index (κ3) is 2.59. The first-order valence-corrected chi connectivity index (χ1v) is 3.83. The third-order valence-electron chi connectivity index (χ3n) is 1.96. The van der Waals surface area contributed by atoms with Gasteiger partial charge in [-0.2, -0.15) is 0 Å². The van der Waals surface area contributed by atoms with E-state index in [9.17, 15) is 12.9 Å². The molecule has 7 heteroatoms. The van der Waals surface area contributed by atoms with Crippen LogP contribution in [0.3, 0.4) is 0 Å². The minimum Gasteiger partial charge on any atom is -0.445 e. The second-order valence-electron chi connectivity index (χ2n) is 2.94. The molecule has 70 valence electrons. The molecule has 0 fully saturated rings. The van der Waals surface area contributed by atoms with Crippen LogP contribution in [0.25, 0.3) is 0 Å². The molecule has 0 radical (unpaired) electrons. The maximum Gasteiger partial charge on any atom is 1.00 e. The second-order valence-corrected chi connectivity index (χ2v) is 2.94.